The number of halogens is 1. The maximum absolute atomic E-state index is 10.8. The van der Waals surface area contributed by atoms with Crippen molar-refractivity contribution in [1.29, 1.82) is 0 Å². The molecule has 2 aromatic rings. The summed E-state index contributed by atoms with van der Waals surface area (Å²) in [5.74, 6) is 0.462. The Morgan fingerprint density at radius 1 is 1.13 bits per heavy atom. The maximum atomic E-state index is 10.8. The molecule has 0 spiro atoms. The Hall–Kier alpha value is -2.93. The zero-order valence-electron chi connectivity index (χ0n) is 17.5. The number of ether oxygens (including phenoxy) is 2. The number of carboxylic acid groups (broad SMARTS) is 1. The average Bonchev–Trinajstić information content (AvgIpc) is 2.72. The monoisotopic (exact) mass is 449 g/mol. The fourth-order valence-corrected chi connectivity index (χ4v) is 3.40. The van der Waals surface area contributed by atoms with E-state index < -0.39 is 5.97 Å². The molecule has 0 aliphatic heterocycles. The van der Waals surface area contributed by atoms with Crippen molar-refractivity contribution >= 4 is 23.8 Å². The van der Waals surface area contributed by atoms with Crippen LogP contribution >= 0.6 is 11.6 Å². The summed E-state index contributed by atoms with van der Waals surface area (Å²) in [6.45, 7) is 2.82. The van der Waals surface area contributed by atoms with E-state index >= 15 is 0 Å². The lowest BCUT2D eigenvalue weighted by Crippen LogP contribution is -2.07. The van der Waals surface area contributed by atoms with Crippen molar-refractivity contribution in [1.82, 2.24) is 0 Å². The van der Waals surface area contributed by atoms with E-state index in [1.807, 2.05) is 19.1 Å². The molecular weight excluding hydrogens is 422 g/mol. The zero-order chi connectivity index (χ0) is 22.6. The maximum Gasteiger partial charge on any atom is 0.307 e. The van der Waals surface area contributed by atoms with Crippen LogP contribution in [-0.2, 0) is 24.1 Å². The number of aliphatic carboxylic acids is 1. The SMILES string of the molecule is CCCc1c(OCCCOc2ccc(CC(=O)O)cc2Cl)ccc(CCC=NO)c1O. The fraction of sp³-hybridized carbons (Fsp3) is 0.391. The van der Waals surface area contributed by atoms with Crippen molar-refractivity contribution in [3.05, 3.63) is 52.0 Å². The zero-order valence-corrected chi connectivity index (χ0v) is 18.3. The van der Waals surface area contributed by atoms with Crippen LogP contribution in [0.3, 0.4) is 0 Å². The Kier molecular flexibility index (Phi) is 9.97. The topological polar surface area (TPSA) is 109 Å². The molecule has 3 N–H and O–H groups in total. The van der Waals surface area contributed by atoms with E-state index in [2.05, 4.69) is 5.16 Å². The summed E-state index contributed by atoms with van der Waals surface area (Å²) in [6, 6.07) is 8.62. The predicted octanol–water partition coefficient (Wildman–Crippen LogP) is 4.87. The summed E-state index contributed by atoms with van der Waals surface area (Å²) in [6.07, 6.45) is 4.58. The van der Waals surface area contributed by atoms with Crippen molar-refractivity contribution in [3.8, 4) is 17.2 Å². The molecule has 0 radical (unpaired) electrons. The number of aromatic hydroxyl groups is 1. The van der Waals surface area contributed by atoms with Crippen LogP contribution in [-0.4, -0.2) is 40.8 Å². The summed E-state index contributed by atoms with van der Waals surface area (Å²) >= 11 is 6.16. The molecule has 0 saturated carbocycles. The van der Waals surface area contributed by atoms with Crippen LogP contribution in [0.1, 0.15) is 42.9 Å². The van der Waals surface area contributed by atoms with E-state index in [0.717, 1.165) is 17.5 Å². The summed E-state index contributed by atoms with van der Waals surface area (Å²) in [4.78, 5) is 10.8. The number of hydrogen-bond donors (Lipinski definition) is 3. The third kappa shape index (κ3) is 7.68. The number of carboxylic acids is 1. The molecule has 0 aromatic heterocycles. The van der Waals surface area contributed by atoms with Gasteiger partial charge in [0.15, 0.2) is 0 Å². The summed E-state index contributed by atoms with van der Waals surface area (Å²) < 4.78 is 11.5. The van der Waals surface area contributed by atoms with Crippen LogP contribution in [0.2, 0.25) is 5.02 Å². The summed E-state index contributed by atoms with van der Waals surface area (Å²) in [5, 5.41) is 31.3. The molecule has 0 saturated heterocycles. The molecule has 7 nitrogen and oxygen atoms in total. The Labute approximate surface area is 186 Å². The molecule has 168 valence electrons. The molecule has 0 aliphatic carbocycles. The quantitative estimate of drug-likeness (QED) is 0.174. The lowest BCUT2D eigenvalue weighted by Gasteiger charge is -2.15. The van der Waals surface area contributed by atoms with Crippen LogP contribution in [0.4, 0.5) is 0 Å². The lowest BCUT2D eigenvalue weighted by molar-refractivity contribution is -0.136. The highest BCUT2D eigenvalue weighted by molar-refractivity contribution is 6.32. The van der Waals surface area contributed by atoms with Gasteiger partial charge in [-0.15, -0.1) is 5.16 Å². The molecule has 0 heterocycles. The number of nitrogens with zero attached hydrogens (tertiary/aromatic N) is 1. The third-order valence-corrected chi connectivity index (χ3v) is 4.90. The molecule has 31 heavy (non-hydrogen) atoms. The lowest BCUT2D eigenvalue weighted by atomic mass is 10.0. The minimum Gasteiger partial charge on any atom is -0.507 e. The highest BCUT2D eigenvalue weighted by atomic mass is 35.5. The van der Waals surface area contributed by atoms with Gasteiger partial charge in [-0.25, -0.2) is 0 Å². The summed E-state index contributed by atoms with van der Waals surface area (Å²) in [7, 11) is 0. The molecule has 0 atom stereocenters. The van der Waals surface area contributed by atoms with Gasteiger partial charge in [-0.3, -0.25) is 4.79 Å². The van der Waals surface area contributed by atoms with Gasteiger partial charge < -0.3 is 24.9 Å². The van der Waals surface area contributed by atoms with E-state index in [-0.39, 0.29) is 12.2 Å². The fourth-order valence-electron chi connectivity index (χ4n) is 3.14. The van der Waals surface area contributed by atoms with E-state index in [4.69, 9.17) is 31.4 Å². The van der Waals surface area contributed by atoms with Gasteiger partial charge in [-0.05, 0) is 48.6 Å². The van der Waals surface area contributed by atoms with Crippen LogP contribution in [0, 0.1) is 0 Å². The number of rotatable bonds is 13. The van der Waals surface area contributed by atoms with Gasteiger partial charge in [-0.2, -0.15) is 0 Å². The van der Waals surface area contributed by atoms with Gasteiger partial charge >= 0.3 is 5.97 Å². The van der Waals surface area contributed by atoms with Gasteiger partial charge in [-0.1, -0.05) is 37.1 Å². The molecule has 2 rings (SSSR count). The van der Waals surface area contributed by atoms with Crippen LogP contribution < -0.4 is 9.47 Å². The molecule has 8 heteroatoms. The van der Waals surface area contributed by atoms with Crippen molar-refractivity contribution in [2.75, 3.05) is 13.2 Å². The molecule has 0 amide bonds. The van der Waals surface area contributed by atoms with E-state index in [1.54, 1.807) is 18.2 Å². The minimum absolute atomic E-state index is 0.0887. The number of phenols is 1. The standard InChI is InChI=1S/C23H28ClNO6/c1-2-5-18-20(10-8-17(23(18)28)6-3-11-25-29)30-12-4-13-31-21-9-7-16(14-19(21)24)15-22(26)27/h7-11,14,28-29H,2-6,12-13,15H2,1H3,(H,26,27). The van der Waals surface area contributed by atoms with Gasteiger partial charge in [0.2, 0.25) is 0 Å². The van der Waals surface area contributed by atoms with Crippen molar-refractivity contribution < 1.29 is 29.7 Å². The normalized spacial score (nSPS) is 11.0. The van der Waals surface area contributed by atoms with Gasteiger partial charge in [0.1, 0.15) is 17.2 Å². The van der Waals surface area contributed by atoms with Gasteiger partial charge in [0.05, 0.1) is 24.7 Å². The molecule has 0 aliphatic rings. The minimum atomic E-state index is -0.914. The first-order valence-electron chi connectivity index (χ1n) is 10.2. The van der Waals surface area contributed by atoms with Crippen molar-refractivity contribution in [2.45, 2.75) is 45.4 Å². The van der Waals surface area contributed by atoms with E-state index in [9.17, 15) is 9.90 Å². The van der Waals surface area contributed by atoms with Crippen LogP contribution in [0.15, 0.2) is 35.5 Å². The second kappa shape index (κ2) is 12.7. The van der Waals surface area contributed by atoms with Gasteiger partial charge in [0.25, 0.3) is 0 Å². The first-order chi connectivity index (χ1) is 15.0. The number of aryl methyl sites for hydroxylation is 1. The largest absolute Gasteiger partial charge is 0.507 e. The molecule has 0 fully saturated rings. The molecule has 0 bridgehead atoms. The number of hydrogen-bond acceptors (Lipinski definition) is 6. The first-order valence-corrected chi connectivity index (χ1v) is 10.6. The first kappa shape index (κ1) is 24.3. The Morgan fingerprint density at radius 3 is 2.48 bits per heavy atom. The number of benzene rings is 2. The Balaban J connectivity index is 1.89. The summed E-state index contributed by atoms with van der Waals surface area (Å²) in [5.41, 5.74) is 2.18. The van der Waals surface area contributed by atoms with Crippen molar-refractivity contribution in [2.24, 2.45) is 5.16 Å². The number of oxime groups is 1. The van der Waals surface area contributed by atoms with Crippen molar-refractivity contribution in [3.63, 3.8) is 0 Å². The smallest absolute Gasteiger partial charge is 0.307 e. The molecule has 2 aromatic carbocycles. The second-order valence-corrected chi connectivity index (χ2v) is 7.43. The Bertz CT molecular complexity index is 900. The highest BCUT2D eigenvalue weighted by Gasteiger charge is 2.13. The highest BCUT2D eigenvalue weighted by Crippen LogP contribution is 2.33. The third-order valence-electron chi connectivity index (χ3n) is 4.60. The average molecular weight is 450 g/mol. The molecular formula is C23H28ClNO6. The van der Waals surface area contributed by atoms with Gasteiger partial charge in [0, 0.05) is 18.2 Å². The number of phenolic OH excluding ortho intramolecular Hbond substituents is 1. The Morgan fingerprint density at radius 2 is 1.84 bits per heavy atom. The van der Waals surface area contributed by atoms with Crippen LogP contribution in [0.25, 0.3) is 0 Å². The predicted molar refractivity (Wildman–Crippen MR) is 119 cm³/mol. The van der Waals surface area contributed by atoms with E-state index in [1.165, 1.54) is 6.21 Å². The molecule has 0 unspecified atom stereocenters. The second-order valence-electron chi connectivity index (χ2n) is 7.02. The van der Waals surface area contributed by atoms with Crippen LogP contribution in [0.5, 0.6) is 17.2 Å². The number of carbonyl (C=O) groups is 1. The van der Waals surface area contributed by atoms with E-state index in [0.29, 0.717) is 61.0 Å².